The number of ether oxygens (including phenoxy) is 2. The first-order valence-electron chi connectivity index (χ1n) is 7.43. The molecule has 6 heteroatoms. The maximum Gasteiger partial charge on any atom is 0.255 e. The van der Waals surface area contributed by atoms with E-state index in [1.54, 1.807) is 30.3 Å². The molecule has 0 radical (unpaired) electrons. The van der Waals surface area contributed by atoms with Crippen molar-refractivity contribution in [1.29, 1.82) is 0 Å². The zero-order chi connectivity index (χ0) is 17.7. The Labute approximate surface area is 140 Å². The number of benzene rings is 2. The van der Waals surface area contributed by atoms with Gasteiger partial charge in [0.1, 0.15) is 17.2 Å². The fraction of sp³-hybridized carbons (Fsp3) is 0.278. The van der Waals surface area contributed by atoms with Crippen LogP contribution in [0.25, 0.3) is 0 Å². The van der Waals surface area contributed by atoms with Gasteiger partial charge in [-0.05, 0) is 36.8 Å². The Hall–Kier alpha value is -2.73. The van der Waals surface area contributed by atoms with Crippen molar-refractivity contribution in [2.45, 2.75) is 13.0 Å². The van der Waals surface area contributed by atoms with E-state index in [0.29, 0.717) is 17.1 Å². The lowest BCUT2D eigenvalue weighted by Gasteiger charge is -2.15. The predicted octanol–water partition coefficient (Wildman–Crippen LogP) is 2.18. The summed E-state index contributed by atoms with van der Waals surface area (Å²) in [5.41, 5.74) is 1.58. The second-order valence-corrected chi connectivity index (χ2v) is 5.39. The molecule has 1 atom stereocenters. The first-order valence-corrected chi connectivity index (χ1v) is 7.43. The van der Waals surface area contributed by atoms with Crippen molar-refractivity contribution in [2.24, 2.45) is 0 Å². The van der Waals surface area contributed by atoms with Crippen molar-refractivity contribution in [1.82, 2.24) is 5.32 Å². The number of aliphatic hydroxyl groups excluding tert-OH is 1. The maximum absolute atomic E-state index is 12.2. The van der Waals surface area contributed by atoms with Crippen LogP contribution < -0.4 is 14.8 Å². The summed E-state index contributed by atoms with van der Waals surface area (Å²) < 4.78 is 10.3. The van der Waals surface area contributed by atoms with Gasteiger partial charge in [-0.15, -0.1) is 0 Å². The van der Waals surface area contributed by atoms with Crippen LogP contribution in [0.4, 0.5) is 0 Å². The Kier molecular flexibility index (Phi) is 5.65. The Balaban J connectivity index is 2.08. The van der Waals surface area contributed by atoms with E-state index in [1.165, 1.54) is 20.3 Å². The maximum atomic E-state index is 12.2. The average Bonchev–Trinajstić information content (AvgIpc) is 2.60. The molecule has 2 aromatic carbocycles. The van der Waals surface area contributed by atoms with Crippen LogP contribution in [-0.2, 0) is 0 Å². The standard InChI is InChI=1S/C18H21NO5/c1-11-4-5-16(20)15(6-11)18(22)19-10-17(21)12-7-13(23-2)9-14(8-12)24-3/h4-9,17,20-21H,10H2,1-3H3,(H,19,22)/t17-/m0/s1. The van der Waals surface area contributed by atoms with Crippen molar-refractivity contribution in [3.8, 4) is 17.2 Å². The topological polar surface area (TPSA) is 88.0 Å². The molecule has 0 bridgehead atoms. The number of nitrogens with one attached hydrogen (secondary N) is 1. The van der Waals surface area contributed by atoms with Crippen LogP contribution in [0.2, 0.25) is 0 Å². The van der Waals surface area contributed by atoms with Crippen LogP contribution >= 0.6 is 0 Å². The largest absolute Gasteiger partial charge is 0.507 e. The molecule has 0 heterocycles. The van der Waals surface area contributed by atoms with E-state index >= 15 is 0 Å². The zero-order valence-electron chi connectivity index (χ0n) is 13.9. The Morgan fingerprint density at radius 1 is 1.12 bits per heavy atom. The highest BCUT2D eigenvalue weighted by atomic mass is 16.5. The number of hydrogen-bond acceptors (Lipinski definition) is 5. The third-order valence-corrected chi connectivity index (χ3v) is 3.61. The highest BCUT2D eigenvalue weighted by Crippen LogP contribution is 2.26. The average molecular weight is 331 g/mol. The third kappa shape index (κ3) is 4.17. The lowest BCUT2D eigenvalue weighted by Crippen LogP contribution is -2.28. The zero-order valence-corrected chi connectivity index (χ0v) is 13.9. The molecule has 0 spiro atoms. The minimum Gasteiger partial charge on any atom is -0.507 e. The molecule has 0 saturated heterocycles. The van der Waals surface area contributed by atoms with Crippen LogP contribution in [0.5, 0.6) is 17.2 Å². The molecule has 2 rings (SSSR count). The van der Waals surface area contributed by atoms with Gasteiger partial charge in [0.05, 0.1) is 25.9 Å². The van der Waals surface area contributed by atoms with E-state index < -0.39 is 12.0 Å². The van der Waals surface area contributed by atoms with Gasteiger partial charge in [0.25, 0.3) is 5.91 Å². The van der Waals surface area contributed by atoms with Crippen LogP contribution in [0.3, 0.4) is 0 Å². The monoisotopic (exact) mass is 331 g/mol. The summed E-state index contributed by atoms with van der Waals surface area (Å²) in [5, 5.41) is 22.7. The highest BCUT2D eigenvalue weighted by Gasteiger charge is 2.15. The number of amides is 1. The van der Waals surface area contributed by atoms with Crippen molar-refractivity contribution >= 4 is 5.91 Å². The normalized spacial score (nSPS) is 11.7. The van der Waals surface area contributed by atoms with E-state index in [0.717, 1.165) is 5.56 Å². The molecule has 128 valence electrons. The summed E-state index contributed by atoms with van der Waals surface area (Å²) in [7, 11) is 3.04. The predicted molar refractivity (Wildman–Crippen MR) is 89.7 cm³/mol. The van der Waals surface area contributed by atoms with Gasteiger partial charge >= 0.3 is 0 Å². The lowest BCUT2D eigenvalue weighted by atomic mass is 10.1. The van der Waals surface area contributed by atoms with Crippen LogP contribution in [-0.4, -0.2) is 36.9 Å². The summed E-state index contributed by atoms with van der Waals surface area (Å²) in [6, 6.07) is 9.80. The molecule has 0 aliphatic heterocycles. The fourth-order valence-electron chi connectivity index (χ4n) is 2.26. The minimum absolute atomic E-state index is 0.0114. The highest BCUT2D eigenvalue weighted by molar-refractivity contribution is 5.97. The van der Waals surface area contributed by atoms with Gasteiger partial charge in [-0.25, -0.2) is 0 Å². The van der Waals surface area contributed by atoms with Crippen LogP contribution in [0, 0.1) is 6.92 Å². The molecule has 0 fully saturated rings. The van der Waals surface area contributed by atoms with Crippen molar-refractivity contribution in [3.05, 3.63) is 53.1 Å². The van der Waals surface area contributed by atoms with E-state index in [9.17, 15) is 15.0 Å². The van der Waals surface area contributed by atoms with Gasteiger partial charge in [0.2, 0.25) is 0 Å². The molecule has 0 aliphatic rings. The quantitative estimate of drug-likeness (QED) is 0.755. The molecule has 2 aromatic rings. The third-order valence-electron chi connectivity index (χ3n) is 3.61. The number of hydrogen-bond donors (Lipinski definition) is 3. The second kappa shape index (κ2) is 7.70. The molecule has 3 N–H and O–H groups in total. The molecule has 0 unspecified atom stereocenters. The lowest BCUT2D eigenvalue weighted by molar-refractivity contribution is 0.0913. The van der Waals surface area contributed by atoms with Gasteiger partial charge in [0.15, 0.2) is 0 Å². The molecule has 0 aliphatic carbocycles. The minimum atomic E-state index is -0.940. The summed E-state index contributed by atoms with van der Waals surface area (Å²) in [6.07, 6.45) is -0.940. The van der Waals surface area contributed by atoms with Crippen molar-refractivity contribution < 1.29 is 24.5 Å². The van der Waals surface area contributed by atoms with E-state index in [1.807, 2.05) is 6.92 Å². The summed E-state index contributed by atoms with van der Waals surface area (Å²) in [4.78, 5) is 12.2. The molecule has 0 saturated carbocycles. The first kappa shape index (κ1) is 17.6. The number of methoxy groups -OCH3 is 2. The summed E-state index contributed by atoms with van der Waals surface area (Å²) >= 11 is 0. The molecule has 24 heavy (non-hydrogen) atoms. The first-order chi connectivity index (χ1) is 11.4. The number of aromatic hydroxyl groups is 1. The number of carbonyl (C=O) groups is 1. The van der Waals surface area contributed by atoms with Crippen molar-refractivity contribution in [2.75, 3.05) is 20.8 Å². The Bertz CT molecular complexity index is 707. The Morgan fingerprint density at radius 3 is 2.33 bits per heavy atom. The van der Waals surface area contributed by atoms with Crippen LogP contribution in [0.15, 0.2) is 36.4 Å². The molecule has 0 aromatic heterocycles. The van der Waals surface area contributed by atoms with E-state index in [4.69, 9.17) is 9.47 Å². The molecule has 6 nitrogen and oxygen atoms in total. The van der Waals surface area contributed by atoms with Gasteiger partial charge < -0.3 is 25.0 Å². The molecule has 1 amide bonds. The van der Waals surface area contributed by atoms with E-state index in [-0.39, 0.29) is 17.9 Å². The summed E-state index contributed by atoms with van der Waals surface area (Å²) in [5.74, 6) is 0.540. The number of carbonyl (C=O) groups excluding carboxylic acids is 1. The van der Waals surface area contributed by atoms with Crippen molar-refractivity contribution in [3.63, 3.8) is 0 Å². The van der Waals surface area contributed by atoms with Gasteiger partial charge in [0, 0.05) is 12.6 Å². The summed E-state index contributed by atoms with van der Waals surface area (Å²) in [6.45, 7) is 1.82. The van der Waals surface area contributed by atoms with Crippen LogP contribution in [0.1, 0.15) is 27.6 Å². The number of rotatable bonds is 6. The van der Waals surface area contributed by atoms with Gasteiger partial charge in [-0.3, -0.25) is 4.79 Å². The van der Waals surface area contributed by atoms with Gasteiger partial charge in [-0.2, -0.15) is 0 Å². The SMILES string of the molecule is COc1cc(OC)cc([C@@H](O)CNC(=O)c2cc(C)ccc2O)c1. The number of aryl methyl sites for hydroxylation is 1. The second-order valence-electron chi connectivity index (χ2n) is 5.39. The van der Waals surface area contributed by atoms with E-state index in [2.05, 4.69) is 5.32 Å². The smallest absolute Gasteiger partial charge is 0.255 e. The molecular weight excluding hydrogens is 310 g/mol. The fourth-order valence-corrected chi connectivity index (χ4v) is 2.26. The molecular formula is C18H21NO5. The number of phenols is 1. The van der Waals surface area contributed by atoms with Gasteiger partial charge in [-0.1, -0.05) is 11.6 Å². The number of aliphatic hydroxyl groups is 1. The number of phenolic OH excluding ortho intramolecular Hbond substituents is 1. The Morgan fingerprint density at radius 2 is 1.75 bits per heavy atom.